The smallest absolute Gasteiger partial charge is 0.140 e. The predicted octanol–water partition coefficient (Wildman–Crippen LogP) is 3.21. The van der Waals surface area contributed by atoms with E-state index in [1.807, 2.05) is 13.0 Å². The van der Waals surface area contributed by atoms with E-state index in [-0.39, 0.29) is 5.82 Å². The maximum atomic E-state index is 12.9. The molecule has 0 radical (unpaired) electrons. The Labute approximate surface area is 68.2 Å². The lowest BCUT2D eigenvalue weighted by Crippen LogP contribution is -1.87. The van der Waals surface area contributed by atoms with Crippen LogP contribution in [0.5, 0.6) is 0 Å². The van der Waals surface area contributed by atoms with Crippen molar-refractivity contribution in [2.24, 2.45) is 0 Å². The van der Waals surface area contributed by atoms with Crippen LogP contribution in [0.1, 0.15) is 11.1 Å². The second-order valence-electron chi connectivity index (χ2n) is 2.30. The minimum atomic E-state index is -0.153. The number of hydrogen-bond acceptors (Lipinski definition) is 0. The van der Waals surface area contributed by atoms with Crippen LogP contribution in [0.15, 0.2) is 16.6 Å². The first kappa shape index (κ1) is 7.73. The van der Waals surface area contributed by atoms with Gasteiger partial charge in [0.15, 0.2) is 0 Å². The summed E-state index contributed by atoms with van der Waals surface area (Å²) in [6.45, 7) is 3.67. The number of halogens is 2. The van der Waals surface area contributed by atoms with Gasteiger partial charge in [0.25, 0.3) is 0 Å². The van der Waals surface area contributed by atoms with Crippen LogP contribution in [-0.4, -0.2) is 0 Å². The van der Waals surface area contributed by atoms with Gasteiger partial charge in [-0.05, 0) is 47.0 Å². The van der Waals surface area contributed by atoms with E-state index < -0.39 is 0 Å². The Balaban J connectivity index is 3.34. The largest absolute Gasteiger partial charge is 0.205 e. The molecule has 0 fully saturated rings. The summed E-state index contributed by atoms with van der Waals surface area (Å²) in [4.78, 5) is 0. The van der Waals surface area contributed by atoms with Crippen molar-refractivity contribution >= 4 is 15.9 Å². The molecule has 0 aliphatic carbocycles. The van der Waals surface area contributed by atoms with Crippen LogP contribution in [0.3, 0.4) is 0 Å². The minimum absolute atomic E-state index is 0.153. The predicted molar refractivity (Wildman–Crippen MR) is 43.6 cm³/mol. The maximum absolute atomic E-state index is 12.9. The van der Waals surface area contributed by atoms with E-state index in [9.17, 15) is 4.39 Å². The molecule has 0 aliphatic heterocycles. The van der Waals surface area contributed by atoms with Crippen molar-refractivity contribution in [2.75, 3.05) is 0 Å². The average Bonchev–Trinajstić information content (AvgIpc) is 1.93. The van der Waals surface area contributed by atoms with Crippen LogP contribution in [-0.2, 0) is 0 Å². The SMILES string of the molecule is Cc1ccc(Br)c(F)c1C. The lowest BCUT2D eigenvalue weighted by Gasteiger charge is -2.01. The standard InChI is InChI=1S/C8H8BrF/c1-5-3-4-7(9)8(10)6(5)2/h3-4H,1-2H3. The molecule has 0 aromatic heterocycles. The molecule has 1 aromatic carbocycles. The normalized spacial score (nSPS) is 10.0. The molecule has 10 heavy (non-hydrogen) atoms. The zero-order valence-corrected chi connectivity index (χ0v) is 7.50. The summed E-state index contributed by atoms with van der Waals surface area (Å²) in [7, 11) is 0. The molecule has 0 aliphatic rings. The Hall–Kier alpha value is -0.370. The van der Waals surface area contributed by atoms with Gasteiger partial charge in [-0.15, -0.1) is 0 Å². The maximum Gasteiger partial charge on any atom is 0.140 e. The number of rotatable bonds is 0. The third-order valence-corrected chi connectivity index (χ3v) is 2.22. The number of hydrogen-bond donors (Lipinski definition) is 0. The molecule has 0 saturated carbocycles. The van der Waals surface area contributed by atoms with Crippen LogP contribution in [0.2, 0.25) is 0 Å². The molecule has 0 nitrogen and oxygen atoms in total. The third-order valence-electron chi connectivity index (χ3n) is 1.61. The quantitative estimate of drug-likeness (QED) is 0.607. The zero-order chi connectivity index (χ0) is 7.72. The van der Waals surface area contributed by atoms with Gasteiger partial charge in [-0.1, -0.05) is 6.07 Å². The fraction of sp³-hybridized carbons (Fsp3) is 0.250. The monoisotopic (exact) mass is 202 g/mol. The van der Waals surface area contributed by atoms with Crippen molar-refractivity contribution in [2.45, 2.75) is 13.8 Å². The molecule has 0 amide bonds. The Bertz CT molecular complexity index is 229. The highest BCUT2D eigenvalue weighted by Gasteiger charge is 2.03. The molecule has 0 spiro atoms. The van der Waals surface area contributed by atoms with E-state index in [0.29, 0.717) is 4.47 Å². The fourth-order valence-electron chi connectivity index (χ4n) is 0.749. The third kappa shape index (κ3) is 1.21. The first-order valence-electron chi connectivity index (χ1n) is 3.04. The van der Waals surface area contributed by atoms with Crippen LogP contribution in [0.4, 0.5) is 4.39 Å². The van der Waals surface area contributed by atoms with Gasteiger partial charge in [0.1, 0.15) is 5.82 Å². The highest BCUT2D eigenvalue weighted by molar-refractivity contribution is 9.10. The summed E-state index contributed by atoms with van der Waals surface area (Å²) in [6, 6.07) is 3.61. The van der Waals surface area contributed by atoms with Crippen molar-refractivity contribution in [1.82, 2.24) is 0 Å². The van der Waals surface area contributed by atoms with Gasteiger partial charge in [-0.25, -0.2) is 4.39 Å². The summed E-state index contributed by atoms with van der Waals surface area (Å²) in [6.07, 6.45) is 0. The molecule has 0 unspecified atom stereocenters. The lowest BCUT2D eigenvalue weighted by atomic mass is 10.1. The average molecular weight is 203 g/mol. The summed E-state index contributed by atoms with van der Waals surface area (Å²) in [5.41, 5.74) is 1.70. The Kier molecular flexibility index (Phi) is 2.09. The van der Waals surface area contributed by atoms with E-state index in [1.54, 1.807) is 13.0 Å². The molecular formula is C8H8BrF. The second kappa shape index (κ2) is 2.70. The molecule has 0 atom stereocenters. The lowest BCUT2D eigenvalue weighted by molar-refractivity contribution is 0.610. The summed E-state index contributed by atoms with van der Waals surface area (Å²) in [5.74, 6) is -0.153. The van der Waals surface area contributed by atoms with Gasteiger partial charge >= 0.3 is 0 Å². The van der Waals surface area contributed by atoms with E-state index >= 15 is 0 Å². The first-order valence-corrected chi connectivity index (χ1v) is 3.83. The number of benzene rings is 1. The zero-order valence-electron chi connectivity index (χ0n) is 5.91. The minimum Gasteiger partial charge on any atom is -0.205 e. The van der Waals surface area contributed by atoms with E-state index in [4.69, 9.17) is 0 Å². The van der Waals surface area contributed by atoms with Gasteiger partial charge in [0.2, 0.25) is 0 Å². The van der Waals surface area contributed by atoms with Crippen LogP contribution in [0.25, 0.3) is 0 Å². The van der Waals surface area contributed by atoms with Crippen molar-refractivity contribution in [3.8, 4) is 0 Å². The van der Waals surface area contributed by atoms with Crippen LogP contribution in [0, 0.1) is 19.7 Å². The molecular weight excluding hydrogens is 195 g/mol. The topological polar surface area (TPSA) is 0 Å². The van der Waals surface area contributed by atoms with Crippen molar-refractivity contribution in [3.63, 3.8) is 0 Å². The molecule has 54 valence electrons. The second-order valence-corrected chi connectivity index (χ2v) is 3.16. The highest BCUT2D eigenvalue weighted by Crippen LogP contribution is 2.20. The molecule has 0 saturated heterocycles. The van der Waals surface area contributed by atoms with Crippen LogP contribution < -0.4 is 0 Å². The fourth-order valence-corrected chi connectivity index (χ4v) is 1.18. The van der Waals surface area contributed by atoms with Gasteiger partial charge in [0.05, 0.1) is 4.47 Å². The van der Waals surface area contributed by atoms with E-state index in [0.717, 1.165) is 11.1 Å². The van der Waals surface area contributed by atoms with E-state index in [1.165, 1.54) is 0 Å². The van der Waals surface area contributed by atoms with Crippen molar-refractivity contribution in [1.29, 1.82) is 0 Å². The molecule has 0 heterocycles. The van der Waals surface area contributed by atoms with Gasteiger partial charge in [-0.2, -0.15) is 0 Å². The molecule has 1 aromatic rings. The first-order chi connectivity index (χ1) is 4.63. The van der Waals surface area contributed by atoms with E-state index in [2.05, 4.69) is 15.9 Å². The Morgan fingerprint density at radius 1 is 1.30 bits per heavy atom. The molecule has 2 heteroatoms. The summed E-state index contributed by atoms with van der Waals surface area (Å²) >= 11 is 3.11. The Morgan fingerprint density at radius 3 is 2.40 bits per heavy atom. The molecule has 0 bridgehead atoms. The summed E-state index contributed by atoms with van der Waals surface area (Å²) < 4.78 is 13.5. The summed E-state index contributed by atoms with van der Waals surface area (Å²) in [5, 5.41) is 0. The van der Waals surface area contributed by atoms with Gasteiger partial charge in [0, 0.05) is 0 Å². The van der Waals surface area contributed by atoms with Crippen molar-refractivity contribution < 1.29 is 4.39 Å². The Morgan fingerprint density at radius 2 is 1.90 bits per heavy atom. The molecule has 0 N–H and O–H groups in total. The van der Waals surface area contributed by atoms with Gasteiger partial charge < -0.3 is 0 Å². The van der Waals surface area contributed by atoms with Crippen LogP contribution >= 0.6 is 15.9 Å². The van der Waals surface area contributed by atoms with Crippen molar-refractivity contribution in [3.05, 3.63) is 33.5 Å². The van der Waals surface area contributed by atoms with Gasteiger partial charge in [-0.3, -0.25) is 0 Å². The highest BCUT2D eigenvalue weighted by atomic mass is 79.9. The number of aryl methyl sites for hydroxylation is 1. The molecule has 1 rings (SSSR count).